The van der Waals surface area contributed by atoms with Gasteiger partial charge in [0, 0.05) is 5.25 Å². The van der Waals surface area contributed by atoms with Gasteiger partial charge in [-0.15, -0.1) is 0 Å². The summed E-state index contributed by atoms with van der Waals surface area (Å²) in [5.74, 6) is -0.893. The first-order chi connectivity index (χ1) is 7.60. The van der Waals surface area contributed by atoms with Gasteiger partial charge in [0.05, 0.1) is 0 Å². The molecule has 1 fully saturated rings. The summed E-state index contributed by atoms with van der Waals surface area (Å²) in [5.41, 5.74) is 4.82. The van der Waals surface area contributed by atoms with Crippen LogP contribution >= 0.6 is 23.3 Å². The van der Waals surface area contributed by atoms with E-state index in [4.69, 9.17) is 10.8 Å². The summed E-state index contributed by atoms with van der Waals surface area (Å²) in [5, 5.41) is 9.32. The van der Waals surface area contributed by atoms with Gasteiger partial charge in [-0.25, -0.2) is 4.98 Å². The number of carboxylic acid groups (broad SMARTS) is 1. The Morgan fingerprint density at radius 3 is 3.19 bits per heavy atom. The van der Waals surface area contributed by atoms with Crippen molar-refractivity contribution in [1.29, 1.82) is 0 Å². The zero-order valence-corrected chi connectivity index (χ0v) is 10.3. The molecule has 3 N–H and O–H groups in total. The molecule has 1 aromatic rings. The lowest BCUT2D eigenvalue weighted by molar-refractivity contribution is -0.144. The molecule has 0 radical (unpaired) electrons. The smallest absolute Gasteiger partial charge is 0.323 e. The van der Waals surface area contributed by atoms with Crippen LogP contribution in [0.2, 0.25) is 0 Å². The molecule has 0 spiro atoms. The van der Waals surface area contributed by atoms with E-state index in [1.165, 1.54) is 17.9 Å². The molecule has 0 amide bonds. The monoisotopic (exact) mass is 259 g/mol. The molecule has 1 aromatic heterocycles. The Morgan fingerprint density at radius 2 is 2.56 bits per heavy atom. The molecule has 5 nitrogen and oxygen atoms in total. The van der Waals surface area contributed by atoms with Crippen molar-refractivity contribution in [2.75, 3.05) is 0 Å². The minimum Gasteiger partial charge on any atom is -0.480 e. The summed E-state index contributed by atoms with van der Waals surface area (Å²) in [6, 6.07) is 0. The predicted molar refractivity (Wildman–Crippen MR) is 62.6 cm³/mol. The van der Waals surface area contributed by atoms with E-state index >= 15 is 0 Å². The van der Waals surface area contributed by atoms with Crippen LogP contribution in [-0.2, 0) is 4.79 Å². The molecular weight excluding hydrogens is 246 g/mol. The van der Waals surface area contributed by atoms with Gasteiger partial charge in [0.1, 0.15) is 11.9 Å². The molecule has 16 heavy (non-hydrogen) atoms. The highest BCUT2D eigenvalue weighted by Gasteiger charge is 2.39. The van der Waals surface area contributed by atoms with Crippen molar-refractivity contribution in [3.8, 4) is 0 Å². The second kappa shape index (κ2) is 4.68. The maximum atomic E-state index is 11.1. The molecule has 2 rings (SSSR count). The van der Waals surface area contributed by atoms with Crippen molar-refractivity contribution in [2.45, 2.75) is 40.8 Å². The van der Waals surface area contributed by atoms with Gasteiger partial charge in [-0.05, 0) is 37.2 Å². The molecule has 88 valence electrons. The van der Waals surface area contributed by atoms with E-state index < -0.39 is 11.5 Å². The Kier molecular flexibility index (Phi) is 3.46. The van der Waals surface area contributed by atoms with Crippen molar-refractivity contribution in [3.63, 3.8) is 0 Å². The average Bonchev–Trinajstić information content (AvgIpc) is 2.70. The van der Waals surface area contributed by atoms with Crippen molar-refractivity contribution < 1.29 is 9.90 Å². The molecule has 1 aliphatic carbocycles. The van der Waals surface area contributed by atoms with Gasteiger partial charge in [0.2, 0.25) is 0 Å². The van der Waals surface area contributed by atoms with E-state index in [1.807, 2.05) is 0 Å². The van der Waals surface area contributed by atoms with Crippen molar-refractivity contribution in [3.05, 3.63) is 6.33 Å². The number of thioether (sulfide) groups is 1. The molecule has 2 atom stereocenters. The molecule has 2 unspecified atom stereocenters. The van der Waals surface area contributed by atoms with Crippen LogP contribution in [0.15, 0.2) is 10.7 Å². The first-order valence-electron chi connectivity index (χ1n) is 5.06. The Bertz CT molecular complexity index is 371. The summed E-state index contributed by atoms with van der Waals surface area (Å²) < 4.78 is 4.81. The fourth-order valence-electron chi connectivity index (χ4n) is 1.91. The van der Waals surface area contributed by atoms with Crippen LogP contribution in [0.25, 0.3) is 0 Å². The number of carbonyl (C=O) groups is 1. The molecule has 0 saturated heterocycles. The minimum atomic E-state index is -1.05. The number of rotatable bonds is 3. The van der Waals surface area contributed by atoms with Crippen LogP contribution in [0.1, 0.15) is 25.7 Å². The van der Waals surface area contributed by atoms with Crippen LogP contribution in [0.3, 0.4) is 0 Å². The van der Waals surface area contributed by atoms with Crippen molar-refractivity contribution in [2.24, 2.45) is 5.73 Å². The third-order valence-corrected chi connectivity index (χ3v) is 4.79. The molecular formula is C9H13N3O2S2. The summed E-state index contributed by atoms with van der Waals surface area (Å²) in [7, 11) is 0. The van der Waals surface area contributed by atoms with Gasteiger partial charge < -0.3 is 10.8 Å². The Morgan fingerprint density at radius 1 is 1.75 bits per heavy atom. The van der Waals surface area contributed by atoms with E-state index in [-0.39, 0.29) is 5.25 Å². The number of aliphatic carboxylic acids is 1. The van der Waals surface area contributed by atoms with Crippen LogP contribution in [0, 0.1) is 0 Å². The Hall–Kier alpha value is -0.660. The summed E-state index contributed by atoms with van der Waals surface area (Å²) >= 11 is 2.93. The fourth-order valence-corrected chi connectivity index (χ4v) is 3.95. The number of nitrogens with zero attached hydrogens (tertiary/aromatic N) is 2. The second-order valence-electron chi connectivity index (χ2n) is 4.00. The van der Waals surface area contributed by atoms with Crippen LogP contribution in [0.4, 0.5) is 0 Å². The standard InChI is InChI=1S/C9H13N3O2S2/c10-9(7(13)14)3-1-2-6(4-9)15-8-11-5-12-16-8/h5-6H,1-4,10H2,(H,13,14). The normalized spacial score (nSPS) is 30.2. The van der Waals surface area contributed by atoms with Gasteiger partial charge in [-0.1, -0.05) is 11.8 Å². The lowest BCUT2D eigenvalue weighted by Gasteiger charge is -2.33. The SMILES string of the molecule is NC1(C(=O)O)CCCC(Sc2ncns2)C1. The Balaban J connectivity index is 1.99. The van der Waals surface area contributed by atoms with E-state index in [9.17, 15) is 4.79 Å². The van der Waals surface area contributed by atoms with Crippen LogP contribution in [-0.4, -0.2) is 31.2 Å². The van der Waals surface area contributed by atoms with Crippen molar-refractivity contribution in [1.82, 2.24) is 9.36 Å². The topological polar surface area (TPSA) is 89.1 Å². The fraction of sp³-hybridized carbons (Fsp3) is 0.667. The molecule has 1 saturated carbocycles. The highest BCUT2D eigenvalue weighted by Crippen LogP contribution is 2.37. The number of hydrogen-bond acceptors (Lipinski definition) is 6. The molecule has 0 bridgehead atoms. The molecule has 0 aromatic carbocycles. The number of aromatic nitrogens is 2. The average molecular weight is 259 g/mol. The first-order valence-corrected chi connectivity index (χ1v) is 6.71. The third-order valence-electron chi connectivity index (χ3n) is 2.78. The molecule has 7 heteroatoms. The number of carboxylic acids is 1. The summed E-state index contributed by atoms with van der Waals surface area (Å²) in [6.07, 6.45) is 4.44. The van der Waals surface area contributed by atoms with Gasteiger partial charge in [0.25, 0.3) is 0 Å². The minimum absolute atomic E-state index is 0.239. The number of nitrogens with two attached hydrogens (primary N) is 1. The van der Waals surface area contributed by atoms with E-state index in [0.717, 1.165) is 17.2 Å². The zero-order valence-electron chi connectivity index (χ0n) is 8.63. The number of hydrogen-bond donors (Lipinski definition) is 2. The second-order valence-corrected chi connectivity index (χ2v) is 6.33. The summed E-state index contributed by atoms with van der Waals surface area (Å²) in [4.78, 5) is 15.1. The lowest BCUT2D eigenvalue weighted by Crippen LogP contribution is -2.51. The molecule has 0 aliphatic heterocycles. The molecule has 1 aliphatic rings. The van der Waals surface area contributed by atoms with E-state index in [1.54, 1.807) is 11.8 Å². The van der Waals surface area contributed by atoms with E-state index in [0.29, 0.717) is 12.8 Å². The molecule has 1 heterocycles. The van der Waals surface area contributed by atoms with E-state index in [2.05, 4.69) is 9.36 Å². The summed E-state index contributed by atoms with van der Waals surface area (Å²) in [6.45, 7) is 0. The zero-order chi connectivity index (χ0) is 11.6. The van der Waals surface area contributed by atoms with Gasteiger partial charge in [-0.2, -0.15) is 4.37 Å². The largest absolute Gasteiger partial charge is 0.480 e. The maximum Gasteiger partial charge on any atom is 0.323 e. The van der Waals surface area contributed by atoms with Gasteiger partial charge in [0.15, 0.2) is 4.34 Å². The van der Waals surface area contributed by atoms with Crippen LogP contribution < -0.4 is 5.73 Å². The maximum absolute atomic E-state index is 11.1. The third kappa shape index (κ3) is 2.53. The van der Waals surface area contributed by atoms with Crippen LogP contribution in [0.5, 0.6) is 0 Å². The first kappa shape index (κ1) is 11.8. The Labute approximate surface area is 102 Å². The highest BCUT2D eigenvalue weighted by atomic mass is 32.2. The van der Waals surface area contributed by atoms with Gasteiger partial charge in [-0.3, -0.25) is 4.79 Å². The predicted octanol–water partition coefficient (Wildman–Crippen LogP) is 1.35. The quantitative estimate of drug-likeness (QED) is 0.852. The van der Waals surface area contributed by atoms with Crippen molar-refractivity contribution >= 4 is 29.3 Å². The lowest BCUT2D eigenvalue weighted by atomic mass is 9.82. The van der Waals surface area contributed by atoms with Gasteiger partial charge >= 0.3 is 5.97 Å². The highest BCUT2D eigenvalue weighted by molar-refractivity contribution is 8.01.